The predicted octanol–water partition coefficient (Wildman–Crippen LogP) is 2.50. The Hall–Kier alpha value is -0.780. The van der Waals surface area contributed by atoms with Gasteiger partial charge in [-0.05, 0) is 0 Å². The summed E-state index contributed by atoms with van der Waals surface area (Å²) < 4.78 is 0. The van der Waals surface area contributed by atoms with E-state index in [1.807, 2.05) is 10.9 Å². The van der Waals surface area contributed by atoms with E-state index in [4.69, 9.17) is 5.73 Å². The third-order valence-electron chi connectivity index (χ3n) is 2.36. The number of hydrogen-bond donors (Lipinski definition) is 1. The van der Waals surface area contributed by atoms with E-state index in [2.05, 4.69) is 29.2 Å². The van der Waals surface area contributed by atoms with Gasteiger partial charge in [-0.1, -0.05) is 13.8 Å². The van der Waals surface area contributed by atoms with Crippen LogP contribution >= 0.6 is 22.7 Å². The number of rotatable bonds is 3. The van der Waals surface area contributed by atoms with Crippen molar-refractivity contribution < 1.29 is 0 Å². The minimum absolute atomic E-state index is 0.0508. The summed E-state index contributed by atoms with van der Waals surface area (Å²) in [5.74, 6) is 0. The molecule has 2 aromatic heterocycles. The Balaban J connectivity index is 2.33. The van der Waals surface area contributed by atoms with Crippen molar-refractivity contribution in [2.24, 2.45) is 5.73 Å². The van der Waals surface area contributed by atoms with Gasteiger partial charge < -0.3 is 5.73 Å². The Morgan fingerprint density at radius 2 is 2.20 bits per heavy atom. The molecule has 0 aliphatic heterocycles. The number of nitrogens with zero attached hydrogens (tertiary/aromatic N) is 2. The highest BCUT2D eigenvalue weighted by molar-refractivity contribution is 7.13. The van der Waals surface area contributed by atoms with Gasteiger partial charge in [-0.3, -0.25) is 0 Å². The first kappa shape index (κ1) is 10.7. The van der Waals surface area contributed by atoms with E-state index >= 15 is 0 Å². The molecule has 0 aliphatic rings. The molecular weight excluding hydrogens is 226 g/mol. The zero-order chi connectivity index (χ0) is 10.9. The summed E-state index contributed by atoms with van der Waals surface area (Å²) in [6.07, 6.45) is 0. The van der Waals surface area contributed by atoms with E-state index < -0.39 is 0 Å². The van der Waals surface area contributed by atoms with Crippen LogP contribution in [0.25, 0.3) is 10.7 Å². The van der Waals surface area contributed by atoms with Crippen LogP contribution in [-0.2, 0) is 5.41 Å². The lowest BCUT2D eigenvalue weighted by Gasteiger charge is -2.19. The molecule has 0 unspecified atom stereocenters. The van der Waals surface area contributed by atoms with E-state index in [0.717, 1.165) is 16.4 Å². The average molecular weight is 239 g/mol. The first-order valence-corrected chi connectivity index (χ1v) is 6.50. The van der Waals surface area contributed by atoms with Crippen molar-refractivity contribution in [3.05, 3.63) is 22.0 Å². The Labute approximate surface area is 97.0 Å². The highest BCUT2D eigenvalue weighted by Gasteiger charge is 2.22. The molecule has 2 heterocycles. The van der Waals surface area contributed by atoms with Gasteiger partial charge >= 0.3 is 0 Å². The number of thiazole rings is 2. The lowest BCUT2D eigenvalue weighted by molar-refractivity contribution is 0.525. The summed E-state index contributed by atoms with van der Waals surface area (Å²) in [5, 5.41) is 5.06. The number of hydrogen-bond acceptors (Lipinski definition) is 5. The van der Waals surface area contributed by atoms with Gasteiger partial charge in [0, 0.05) is 22.7 Å². The summed E-state index contributed by atoms with van der Waals surface area (Å²) in [4.78, 5) is 8.82. The Morgan fingerprint density at radius 3 is 2.80 bits per heavy atom. The van der Waals surface area contributed by atoms with E-state index in [-0.39, 0.29) is 5.41 Å². The van der Waals surface area contributed by atoms with Gasteiger partial charge in [-0.15, -0.1) is 22.7 Å². The zero-order valence-electron chi connectivity index (χ0n) is 8.73. The first-order valence-electron chi connectivity index (χ1n) is 4.68. The molecule has 0 radical (unpaired) electrons. The molecule has 0 atom stereocenters. The number of aromatic nitrogens is 2. The molecule has 2 aromatic rings. The largest absolute Gasteiger partial charge is 0.330 e. The Bertz CT molecular complexity index is 431. The van der Waals surface area contributed by atoms with Crippen LogP contribution in [0, 0.1) is 0 Å². The average Bonchev–Trinajstić information content (AvgIpc) is 2.88. The third kappa shape index (κ3) is 2.09. The molecule has 80 valence electrons. The molecule has 3 nitrogen and oxygen atoms in total. The Kier molecular flexibility index (Phi) is 2.86. The standard InChI is InChI=1S/C10H13N3S2/c1-10(2,5-11)8-4-15-9(13-8)7-3-14-6-12-7/h3-4,6H,5,11H2,1-2H3. The van der Waals surface area contributed by atoms with Gasteiger partial charge in [0.1, 0.15) is 10.7 Å². The van der Waals surface area contributed by atoms with Crippen LogP contribution in [0.2, 0.25) is 0 Å². The van der Waals surface area contributed by atoms with Crippen molar-refractivity contribution in [1.82, 2.24) is 9.97 Å². The molecule has 5 heteroatoms. The van der Waals surface area contributed by atoms with E-state index in [1.165, 1.54) is 0 Å². The highest BCUT2D eigenvalue weighted by atomic mass is 32.1. The molecule has 0 saturated heterocycles. The Morgan fingerprint density at radius 1 is 1.40 bits per heavy atom. The number of nitrogens with two attached hydrogens (primary N) is 1. The summed E-state index contributed by atoms with van der Waals surface area (Å²) in [6.45, 7) is 4.81. The van der Waals surface area contributed by atoms with Crippen LogP contribution in [0.4, 0.5) is 0 Å². The smallest absolute Gasteiger partial charge is 0.143 e. The second kappa shape index (κ2) is 4.00. The maximum absolute atomic E-state index is 5.72. The van der Waals surface area contributed by atoms with Crippen molar-refractivity contribution in [1.29, 1.82) is 0 Å². The van der Waals surface area contributed by atoms with Crippen molar-refractivity contribution in [2.45, 2.75) is 19.3 Å². The molecule has 2 N–H and O–H groups in total. The maximum atomic E-state index is 5.72. The van der Waals surface area contributed by atoms with Crippen LogP contribution in [0.3, 0.4) is 0 Å². The van der Waals surface area contributed by atoms with Gasteiger partial charge in [-0.25, -0.2) is 9.97 Å². The summed E-state index contributed by atoms with van der Waals surface area (Å²) in [6, 6.07) is 0. The monoisotopic (exact) mass is 239 g/mol. The first-order chi connectivity index (χ1) is 7.13. The minimum Gasteiger partial charge on any atom is -0.330 e. The van der Waals surface area contributed by atoms with Gasteiger partial charge in [-0.2, -0.15) is 0 Å². The van der Waals surface area contributed by atoms with Crippen LogP contribution in [0.5, 0.6) is 0 Å². The summed E-state index contributed by atoms with van der Waals surface area (Å²) >= 11 is 3.21. The van der Waals surface area contributed by atoms with Crippen molar-refractivity contribution in [2.75, 3.05) is 6.54 Å². The fourth-order valence-corrected chi connectivity index (χ4v) is 2.71. The van der Waals surface area contributed by atoms with Crippen molar-refractivity contribution in [3.8, 4) is 10.7 Å². The topological polar surface area (TPSA) is 51.8 Å². The molecule has 0 bridgehead atoms. The molecule has 15 heavy (non-hydrogen) atoms. The van der Waals surface area contributed by atoms with Gasteiger partial charge in [0.15, 0.2) is 0 Å². The van der Waals surface area contributed by atoms with Gasteiger partial charge in [0.2, 0.25) is 0 Å². The normalized spacial score (nSPS) is 11.9. The SMILES string of the molecule is CC(C)(CN)c1csc(-c2cscn2)n1. The fourth-order valence-electron chi connectivity index (χ4n) is 1.12. The minimum atomic E-state index is -0.0508. The van der Waals surface area contributed by atoms with Gasteiger partial charge in [0.25, 0.3) is 0 Å². The lowest BCUT2D eigenvalue weighted by atomic mass is 9.90. The van der Waals surface area contributed by atoms with E-state index in [1.54, 1.807) is 22.7 Å². The second-order valence-electron chi connectivity index (χ2n) is 4.00. The molecular formula is C10H13N3S2. The van der Waals surface area contributed by atoms with E-state index in [0.29, 0.717) is 6.54 Å². The molecule has 0 aliphatic carbocycles. The predicted molar refractivity (Wildman–Crippen MR) is 65.3 cm³/mol. The quantitative estimate of drug-likeness (QED) is 0.895. The summed E-state index contributed by atoms with van der Waals surface area (Å²) in [7, 11) is 0. The molecule has 2 rings (SSSR count). The molecule has 0 aromatic carbocycles. The molecule has 0 fully saturated rings. The van der Waals surface area contributed by atoms with Crippen molar-refractivity contribution >= 4 is 22.7 Å². The molecule has 0 spiro atoms. The second-order valence-corrected chi connectivity index (χ2v) is 5.58. The third-order valence-corrected chi connectivity index (χ3v) is 3.81. The maximum Gasteiger partial charge on any atom is 0.143 e. The van der Waals surface area contributed by atoms with Crippen molar-refractivity contribution in [3.63, 3.8) is 0 Å². The zero-order valence-corrected chi connectivity index (χ0v) is 10.4. The fraction of sp³-hybridized carbons (Fsp3) is 0.400. The van der Waals surface area contributed by atoms with Crippen LogP contribution in [-0.4, -0.2) is 16.5 Å². The van der Waals surface area contributed by atoms with E-state index in [9.17, 15) is 0 Å². The molecule has 0 saturated carbocycles. The lowest BCUT2D eigenvalue weighted by Crippen LogP contribution is -2.28. The molecule has 0 amide bonds. The van der Waals surface area contributed by atoms with Gasteiger partial charge in [0.05, 0.1) is 11.2 Å². The van der Waals surface area contributed by atoms with Crippen LogP contribution < -0.4 is 5.73 Å². The van der Waals surface area contributed by atoms with Crippen LogP contribution in [0.15, 0.2) is 16.3 Å². The highest BCUT2D eigenvalue weighted by Crippen LogP contribution is 2.29. The van der Waals surface area contributed by atoms with Crippen LogP contribution in [0.1, 0.15) is 19.5 Å². The summed E-state index contributed by atoms with van der Waals surface area (Å²) in [5.41, 5.74) is 9.51.